The lowest BCUT2D eigenvalue weighted by atomic mass is 10.2. The Morgan fingerprint density at radius 1 is 1.21 bits per heavy atom. The highest BCUT2D eigenvalue weighted by atomic mass is 79.9. The number of benzene rings is 1. The molecule has 0 radical (unpaired) electrons. The summed E-state index contributed by atoms with van der Waals surface area (Å²) in [6.07, 6.45) is 1.76. The molecule has 1 aromatic heterocycles. The van der Waals surface area contributed by atoms with Crippen molar-refractivity contribution in [3.8, 4) is 11.5 Å². The van der Waals surface area contributed by atoms with E-state index in [0.717, 1.165) is 27.2 Å². The Bertz CT molecular complexity index is 521. The minimum absolute atomic E-state index is 0.410. The first-order valence-electron chi connectivity index (χ1n) is 5.69. The summed E-state index contributed by atoms with van der Waals surface area (Å²) in [5, 5.41) is 0.716. The maximum absolute atomic E-state index is 5.84. The zero-order chi connectivity index (χ0) is 13.7. The molecule has 3 nitrogen and oxygen atoms in total. The lowest BCUT2D eigenvalue weighted by Gasteiger charge is -2.13. The lowest BCUT2D eigenvalue weighted by Crippen LogP contribution is -2.01. The van der Waals surface area contributed by atoms with Crippen LogP contribution in [0.3, 0.4) is 0 Å². The number of rotatable bonds is 5. The van der Waals surface area contributed by atoms with Crippen LogP contribution in [0.2, 0.25) is 0 Å². The summed E-state index contributed by atoms with van der Waals surface area (Å²) in [6.45, 7) is 0.410. The number of ether oxygens (including phenoxy) is 2. The highest BCUT2D eigenvalue weighted by Gasteiger charge is 2.10. The average Bonchev–Trinajstić information content (AvgIpc) is 2.46. The van der Waals surface area contributed by atoms with Gasteiger partial charge in [0.1, 0.15) is 6.61 Å². The van der Waals surface area contributed by atoms with Crippen molar-refractivity contribution < 1.29 is 9.47 Å². The first-order valence-corrected chi connectivity index (χ1v) is 7.61. The van der Waals surface area contributed by atoms with E-state index in [4.69, 9.17) is 9.47 Å². The Hall–Kier alpha value is -1.07. The van der Waals surface area contributed by atoms with Gasteiger partial charge in [0.15, 0.2) is 11.5 Å². The van der Waals surface area contributed by atoms with E-state index in [1.54, 1.807) is 13.3 Å². The molecule has 2 aromatic rings. The summed E-state index contributed by atoms with van der Waals surface area (Å²) in [7, 11) is 1.64. The third-order valence-electron chi connectivity index (χ3n) is 2.58. The molecule has 100 valence electrons. The second-order valence-corrected chi connectivity index (χ2v) is 5.31. The van der Waals surface area contributed by atoms with Crippen LogP contribution in [0.5, 0.6) is 11.5 Å². The fourth-order valence-electron chi connectivity index (χ4n) is 1.63. The zero-order valence-electron chi connectivity index (χ0n) is 10.4. The van der Waals surface area contributed by atoms with Crippen molar-refractivity contribution in [3.63, 3.8) is 0 Å². The summed E-state index contributed by atoms with van der Waals surface area (Å²) in [5.74, 6) is 1.49. The van der Waals surface area contributed by atoms with Gasteiger partial charge in [-0.3, -0.25) is 4.98 Å². The summed E-state index contributed by atoms with van der Waals surface area (Å²) in [4.78, 5) is 4.28. The first kappa shape index (κ1) is 14.3. The van der Waals surface area contributed by atoms with Gasteiger partial charge in [0.2, 0.25) is 0 Å². The Kier molecular flexibility index (Phi) is 5.22. The Morgan fingerprint density at radius 3 is 2.68 bits per heavy atom. The van der Waals surface area contributed by atoms with Gasteiger partial charge in [-0.15, -0.1) is 0 Å². The summed E-state index contributed by atoms with van der Waals surface area (Å²) < 4.78 is 12.1. The van der Waals surface area contributed by atoms with Gasteiger partial charge in [0, 0.05) is 21.6 Å². The Morgan fingerprint density at radius 2 is 2.05 bits per heavy atom. The van der Waals surface area contributed by atoms with Crippen molar-refractivity contribution in [3.05, 3.63) is 52.3 Å². The van der Waals surface area contributed by atoms with Gasteiger partial charge in [-0.2, -0.15) is 0 Å². The van der Waals surface area contributed by atoms with Gasteiger partial charge >= 0.3 is 0 Å². The van der Waals surface area contributed by atoms with E-state index in [2.05, 4.69) is 36.8 Å². The van der Waals surface area contributed by atoms with E-state index in [0.29, 0.717) is 11.9 Å². The molecule has 0 aliphatic rings. The number of nitrogens with zero attached hydrogens (tertiary/aromatic N) is 1. The molecule has 0 bridgehead atoms. The van der Waals surface area contributed by atoms with Crippen LogP contribution in [0.1, 0.15) is 11.3 Å². The molecule has 0 atom stereocenters. The minimum atomic E-state index is 0.410. The topological polar surface area (TPSA) is 31.4 Å². The SMILES string of the molecule is COc1cccc(CBr)c1OCc1ccc(Br)cn1. The van der Waals surface area contributed by atoms with Crippen LogP contribution in [-0.2, 0) is 11.9 Å². The molecule has 1 aromatic carbocycles. The Labute approximate surface area is 129 Å². The largest absolute Gasteiger partial charge is 0.493 e. The predicted octanol–water partition coefficient (Wildman–Crippen LogP) is 4.33. The van der Waals surface area contributed by atoms with Crippen LogP contribution in [0.15, 0.2) is 41.0 Å². The Balaban J connectivity index is 2.16. The second-order valence-electron chi connectivity index (χ2n) is 3.84. The number of halogens is 2. The van der Waals surface area contributed by atoms with Gasteiger partial charge in [0.25, 0.3) is 0 Å². The number of methoxy groups -OCH3 is 1. The molecule has 0 aliphatic heterocycles. The molecule has 0 aliphatic carbocycles. The maximum Gasteiger partial charge on any atom is 0.165 e. The van der Waals surface area contributed by atoms with Crippen LogP contribution in [0.25, 0.3) is 0 Å². The second kappa shape index (κ2) is 6.91. The van der Waals surface area contributed by atoms with Gasteiger partial charge < -0.3 is 9.47 Å². The van der Waals surface area contributed by atoms with Crippen LogP contribution >= 0.6 is 31.9 Å². The van der Waals surface area contributed by atoms with Gasteiger partial charge in [0.05, 0.1) is 12.8 Å². The van der Waals surface area contributed by atoms with E-state index in [1.807, 2.05) is 30.3 Å². The third kappa shape index (κ3) is 3.70. The molecule has 5 heteroatoms. The molecule has 0 unspecified atom stereocenters. The number of hydrogen-bond donors (Lipinski definition) is 0. The van der Waals surface area contributed by atoms with Crippen molar-refractivity contribution in [2.24, 2.45) is 0 Å². The standard InChI is InChI=1S/C14H13Br2NO2/c1-18-13-4-2-3-10(7-15)14(13)19-9-12-6-5-11(16)8-17-12/h2-6,8H,7,9H2,1H3. The zero-order valence-corrected chi connectivity index (χ0v) is 13.6. The van der Waals surface area contributed by atoms with Gasteiger partial charge in [-0.25, -0.2) is 0 Å². The highest BCUT2D eigenvalue weighted by molar-refractivity contribution is 9.10. The van der Waals surface area contributed by atoms with E-state index >= 15 is 0 Å². The maximum atomic E-state index is 5.84. The number of aromatic nitrogens is 1. The van der Waals surface area contributed by atoms with Crippen molar-refractivity contribution >= 4 is 31.9 Å². The molecule has 0 saturated heterocycles. The van der Waals surface area contributed by atoms with Crippen molar-refractivity contribution in [1.29, 1.82) is 0 Å². The van der Waals surface area contributed by atoms with Gasteiger partial charge in [-0.05, 0) is 34.1 Å². The molecule has 0 fully saturated rings. The minimum Gasteiger partial charge on any atom is -0.493 e. The molecule has 0 N–H and O–H groups in total. The average molecular weight is 387 g/mol. The van der Waals surface area contributed by atoms with Crippen LogP contribution in [-0.4, -0.2) is 12.1 Å². The number of hydrogen-bond acceptors (Lipinski definition) is 3. The number of para-hydroxylation sites is 1. The van der Waals surface area contributed by atoms with Crippen LogP contribution < -0.4 is 9.47 Å². The van der Waals surface area contributed by atoms with E-state index in [-0.39, 0.29) is 0 Å². The third-order valence-corrected chi connectivity index (χ3v) is 3.65. The van der Waals surface area contributed by atoms with Gasteiger partial charge in [-0.1, -0.05) is 28.1 Å². The molecular weight excluding hydrogens is 374 g/mol. The number of pyridine rings is 1. The molecule has 19 heavy (non-hydrogen) atoms. The smallest absolute Gasteiger partial charge is 0.165 e. The lowest BCUT2D eigenvalue weighted by molar-refractivity contribution is 0.278. The normalized spacial score (nSPS) is 10.3. The monoisotopic (exact) mass is 385 g/mol. The molecule has 0 spiro atoms. The number of alkyl halides is 1. The van der Waals surface area contributed by atoms with E-state index < -0.39 is 0 Å². The summed E-state index contributed by atoms with van der Waals surface area (Å²) in [6, 6.07) is 9.70. The van der Waals surface area contributed by atoms with Crippen molar-refractivity contribution in [2.45, 2.75) is 11.9 Å². The van der Waals surface area contributed by atoms with E-state index in [1.165, 1.54) is 0 Å². The molecule has 2 rings (SSSR count). The van der Waals surface area contributed by atoms with Crippen molar-refractivity contribution in [1.82, 2.24) is 4.98 Å². The molecular formula is C14H13Br2NO2. The summed E-state index contributed by atoms with van der Waals surface area (Å²) >= 11 is 6.81. The first-order chi connectivity index (χ1) is 9.24. The fourth-order valence-corrected chi connectivity index (χ4v) is 2.31. The van der Waals surface area contributed by atoms with E-state index in [9.17, 15) is 0 Å². The van der Waals surface area contributed by atoms with Crippen LogP contribution in [0.4, 0.5) is 0 Å². The van der Waals surface area contributed by atoms with Crippen LogP contribution in [0, 0.1) is 0 Å². The predicted molar refractivity (Wildman–Crippen MR) is 81.9 cm³/mol. The van der Waals surface area contributed by atoms with Crippen molar-refractivity contribution in [2.75, 3.05) is 7.11 Å². The molecule has 0 amide bonds. The molecule has 1 heterocycles. The quantitative estimate of drug-likeness (QED) is 0.716. The summed E-state index contributed by atoms with van der Waals surface area (Å²) in [5.41, 5.74) is 1.92. The fraction of sp³-hybridized carbons (Fsp3) is 0.214. The highest BCUT2D eigenvalue weighted by Crippen LogP contribution is 2.32. The molecule has 0 saturated carbocycles.